The predicted octanol–water partition coefficient (Wildman–Crippen LogP) is 3.79. The van der Waals surface area contributed by atoms with Crippen LogP contribution in [0.3, 0.4) is 0 Å². The lowest BCUT2D eigenvalue weighted by molar-refractivity contribution is 1.36. The Labute approximate surface area is 80.5 Å². The van der Waals surface area contributed by atoms with Gasteiger partial charge in [0.2, 0.25) is 0 Å². The SMILES string of the molecule is CSS[C@H](C)S[C@H](C)SC. The van der Waals surface area contributed by atoms with Gasteiger partial charge in [-0.25, -0.2) is 0 Å². The maximum Gasteiger partial charge on any atom is 0.0588 e. The fourth-order valence-electron chi connectivity index (χ4n) is 0.484. The van der Waals surface area contributed by atoms with Gasteiger partial charge < -0.3 is 0 Å². The van der Waals surface area contributed by atoms with E-state index in [9.17, 15) is 0 Å². The second-order valence-electron chi connectivity index (χ2n) is 1.77. The first-order chi connectivity index (χ1) is 4.70. The van der Waals surface area contributed by atoms with Gasteiger partial charge in [-0.3, -0.25) is 0 Å². The highest BCUT2D eigenvalue weighted by molar-refractivity contribution is 8.78. The molecule has 0 saturated heterocycles. The van der Waals surface area contributed by atoms with Gasteiger partial charge >= 0.3 is 0 Å². The number of thioether (sulfide) groups is 2. The fourth-order valence-corrected chi connectivity index (χ4v) is 5.06. The van der Waals surface area contributed by atoms with Crippen molar-refractivity contribution in [1.82, 2.24) is 0 Å². The molecule has 2 atom stereocenters. The van der Waals surface area contributed by atoms with Crippen LogP contribution < -0.4 is 0 Å². The van der Waals surface area contributed by atoms with Gasteiger partial charge in [-0.1, -0.05) is 21.6 Å². The van der Waals surface area contributed by atoms with Gasteiger partial charge in [-0.2, -0.15) is 11.8 Å². The van der Waals surface area contributed by atoms with Crippen LogP contribution in [0, 0.1) is 0 Å². The van der Waals surface area contributed by atoms with Crippen LogP contribution >= 0.6 is 45.1 Å². The molecule has 0 aromatic heterocycles. The lowest BCUT2D eigenvalue weighted by Gasteiger charge is -2.12. The predicted molar refractivity (Wildman–Crippen MR) is 61.1 cm³/mol. The quantitative estimate of drug-likeness (QED) is 0.504. The van der Waals surface area contributed by atoms with Crippen LogP contribution in [-0.4, -0.2) is 21.7 Å². The maximum absolute atomic E-state index is 2.26. The molecule has 0 aromatic rings. The average Bonchev–Trinajstić information content (AvgIpc) is 1.88. The highest BCUT2D eigenvalue weighted by Gasteiger charge is 2.06. The van der Waals surface area contributed by atoms with Gasteiger partial charge in [0.25, 0.3) is 0 Å². The van der Waals surface area contributed by atoms with E-state index in [2.05, 4.69) is 26.4 Å². The Morgan fingerprint density at radius 2 is 1.60 bits per heavy atom. The minimum absolute atomic E-state index is 0.720. The molecule has 0 N–H and O–H groups in total. The summed E-state index contributed by atoms with van der Waals surface area (Å²) in [6.45, 7) is 4.52. The first-order valence-corrected chi connectivity index (χ1v) is 7.93. The van der Waals surface area contributed by atoms with Crippen molar-refractivity contribution in [2.75, 3.05) is 12.5 Å². The molecule has 0 radical (unpaired) electrons. The molecule has 0 aliphatic heterocycles. The van der Waals surface area contributed by atoms with E-state index in [1.807, 2.05) is 45.1 Å². The van der Waals surface area contributed by atoms with Crippen molar-refractivity contribution < 1.29 is 0 Å². The third-order valence-corrected chi connectivity index (χ3v) is 6.18. The van der Waals surface area contributed by atoms with Crippen LogP contribution in [0.15, 0.2) is 0 Å². The van der Waals surface area contributed by atoms with E-state index in [0.717, 1.165) is 9.16 Å². The molecule has 0 aliphatic rings. The van der Waals surface area contributed by atoms with Gasteiger partial charge in [0.15, 0.2) is 0 Å². The summed E-state index contributed by atoms with van der Waals surface area (Å²) in [5.41, 5.74) is 0. The first-order valence-electron chi connectivity index (χ1n) is 3.08. The summed E-state index contributed by atoms with van der Waals surface area (Å²) in [6, 6.07) is 0. The van der Waals surface area contributed by atoms with Gasteiger partial charge in [0.05, 0.1) is 4.58 Å². The summed E-state index contributed by atoms with van der Waals surface area (Å²) in [5, 5.41) is 0. The average molecular weight is 214 g/mol. The van der Waals surface area contributed by atoms with Crippen molar-refractivity contribution in [2.24, 2.45) is 0 Å². The van der Waals surface area contributed by atoms with Gasteiger partial charge in [0, 0.05) is 4.58 Å². The molecule has 62 valence electrons. The molecule has 0 aromatic carbocycles. The van der Waals surface area contributed by atoms with E-state index in [1.165, 1.54) is 0 Å². The maximum atomic E-state index is 2.26. The smallest absolute Gasteiger partial charge is 0.0588 e. The molecule has 10 heavy (non-hydrogen) atoms. The summed E-state index contributed by atoms with van der Waals surface area (Å²) in [4.78, 5) is 0. The van der Waals surface area contributed by atoms with Gasteiger partial charge in [-0.05, 0) is 26.4 Å². The lowest BCUT2D eigenvalue weighted by atomic mass is 10.9. The third-order valence-electron chi connectivity index (χ3n) is 0.947. The molecule has 0 saturated carbocycles. The zero-order valence-electron chi connectivity index (χ0n) is 6.79. The molecule has 0 rings (SSSR count). The first kappa shape index (κ1) is 11.4. The van der Waals surface area contributed by atoms with Crippen molar-refractivity contribution in [1.29, 1.82) is 0 Å². The zero-order valence-corrected chi connectivity index (χ0v) is 10.1. The van der Waals surface area contributed by atoms with E-state index in [0.29, 0.717) is 0 Å². The van der Waals surface area contributed by atoms with Gasteiger partial charge in [-0.15, -0.1) is 11.8 Å². The Kier molecular flexibility index (Phi) is 8.06. The fraction of sp³-hybridized carbons (Fsp3) is 1.00. The van der Waals surface area contributed by atoms with Crippen molar-refractivity contribution in [2.45, 2.75) is 23.0 Å². The van der Waals surface area contributed by atoms with E-state index < -0.39 is 0 Å². The molecule has 0 aliphatic carbocycles. The Hall–Kier alpha value is 1.40. The van der Waals surface area contributed by atoms with Crippen LogP contribution in [0.4, 0.5) is 0 Å². The van der Waals surface area contributed by atoms with E-state index in [1.54, 1.807) is 0 Å². The minimum Gasteiger partial charge on any atom is -0.151 e. The Morgan fingerprint density at radius 3 is 2.00 bits per heavy atom. The largest absolute Gasteiger partial charge is 0.151 e. The van der Waals surface area contributed by atoms with Crippen molar-refractivity contribution >= 4 is 45.1 Å². The molecule has 0 fully saturated rings. The molecule has 0 spiro atoms. The lowest BCUT2D eigenvalue weighted by Crippen LogP contribution is -1.94. The number of hydrogen-bond donors (Lipinski definition) is 0. The monoisotopic (exact) mass is 214 g/mol. The summed E-state index contributed by atoms with van der Waals surface area (Å²) in [6.07, 6.45) is 4.29. The highest BCUT2D eigenvalue weighted by Crippen LogP contribution is 2.36. The summed E-state index contributed by atoms with van der Waals surface area (Å²) in [7, 11) is 3.79. The van der Waals surface area contributed by atoms with Crippen molar-refractivity contribution in [3.63, 3.8) is 0 Å². The Morgan fingerprint density at radius 1 is 1.00 bits per heavy atom. The summed E-state index contributed by atoms with van der Waals surface area (Å²) >= 11 is 3.95. The second-order valence-corrected chi connectivity index (χ2v) is 8.04. The van der Waals surface area contributed by atoms with Crippen LogP contribution in [0.25, 0.3) is 0 Å². The molecule has 0 nitrogen and oxygen atoms in total. The summed E-state index contributed by atoms with van der Waals surface area (Å²) in [5.74, 6) is 0. The van der Waals surface area contributed by atoms with Crippen molar-refractivity contribution in [3.05, 3.63) is 0 Å². The topological polar surface area (TPSA) is 0 Å². The normalized spacial score (nSPS) is 16.8. The molecule has 4 heteroatoms. The number of hydrogen-bond acceptors (Lipinski definition) is 4. The molecular weight excluding hydrogens is 200 g/mol. The summed E-state index contributed by atoms with van der Waals surface area (Å²) < 4.78 is 1.45. The van der Waals surface area contributed by atoms with Crippen LogP contribution in [-0.2, 0) is 0 Å². The number of rotatable bonds is 5. The highest BCUT2D eigenvalue weighted by atomic mass is 33.1. The molecule has 0 heterocycles. The Bertz CT molecular complexity index is 76.1. The standard InChI is InChI=1S/C6H14S4/c1-5(7-3)9-6(2)10-8-4/h5-6H,1-4H3/t5-,6-/m1/s1. The minimum atomic E-state index is 0.720. The van der Waals surface area contributed by atoms with E-state index in [4.69, 9.17) is 0 Å². The second kappa shape index (κ2) is 7.07. The Balaban J connectivity index is 3.27. The van der Waals surface area contributed by atoms with Crippen molar-refractivity contribution in [3.8, 4) is 0 Å². The third kappa shape index (κ3) is 6.13. The molecule has 0 unspecified atom stereocenters. The molecule has 0 amide bonds. The molecular formula is C6H14S4. The molecule has 0 bridgehead atoms. The zero-order chi connectivity index (χ0) is 7.98. The van der Waals surface area contributed by atoms with E-state index >= 15 is 0 Å². The van der Waals surface area contributed by atoms with Gasteiger partial charge in [0.1, 0.15) is 0 Å². The van der Waals surface area contributed by atoms with Crippen LogP contribution in [0.5, 0.6) is 0 Å². The van der Waals surface area contributed by atoms with Crippen LogP contribution in [0.2, 0.25) is 0 Å². The van der Waals surface area contributed by atoms with Crippen LogP contribution in [0.1, 0.15) is 13.8 Å². The van der Waals surface area contributed by atoms with E-state index in [-0.39, 0.29) is 0 Å².